The molecule has 0 saturated carbocycles. The molecule has 1 rings (SSSR count). The monoisotopic (exact) mass is 305 g/mol. The van der Waals surface area contributed by atoms with Crippen LogP contribution >= 0.6 is 0 Å². The number of hydrogen-bond donors (Lipinski definition) is 2. The van der Waals surface area contributed by atoms with E-state index in [2.05, 4.69) is 10.1 Å². The fourth-order valence-electron chi connectivity index (χ4n) is 1.52. The number of aromatic carboxylic acids is 1. The van der Waals surface area contributed by atoms with Gasteiger partial charge in [-0.3, -0.25) is 4.79 Å². The van der Waals surface area contributed by atoms with Gasteiger partial charge in [0.1, 0.15) is 13.2 Å². The van der Waals surface area contributed by atoms with E-state index >= 15 is 0 Å². The van der Waals surface area contributed by atoms with E-state index in [1.165, 1.54) is 12.1 Å². The summed E-state index contributed by atoms with van der Waals surface area (Å²) in [5.74, 6) is -1.71. The van der Waals surface area contributed by atoms with E-state index in [1.807, 2.05) is 0 Å². The number of carbonyl (C=O) groups is 2. The molecule has 1 aromatic rings. The van der Waals surface area contributed by atoms with Gasteiger partial charge in [0.2, 0.25) is 5.91 Å². The van der Waals surface area contributed by atoms with E-state index in [1.54, 1.807) is 12.1 Å². The third-order valence-electron chi connectivity index (χ3n) is 2.41. The largest absolute Gasteiger partial charge is 0.478 e. The fraction of sp³-hybridized carbons (Fsp3) is 0.385. The van der Waals surface area contributed by atoms with Crippen molar-refractivity contribution in [3.05, 3.63) is 35.4 Å². The van der Waals surface area contributed by atoms with Crippen molar-refractivity contribution in [2.45, 2.75) is 12.6 Å². The van der Waals surface area contributed by atoms with Gasteiger partial charge >= 0.3 is 12.1 Å². The highest BCUT2D eigenvalue weighted by atomic mass is 19.4. The van der Waals surface area contributed by atoms with Crippen molar-refractivity contribution in [3.63, 3.8) is 0 Å². The van der Waals surface area contributed by atoms with Crippen molar-refractivity contribution >= 4 is 11.9 Å². The second-order valence-corrected chi connectivity index (χ2v) is 4.21. The predicted molar refractivity (Wildman–Crippen MR) is 67.0 cm³/mol. The minimum atomic E-state index is -4.46. The molecule has 0 spiro atoms. The van der Waals surface area contributed by atoms with Gasteiger partial charge in [-0.25, -0.2) is 4.79 Å². The quantitative estimate of drug-likeness (QED) is 0.802. The summed E-state index contributed by atoms with van der Waals surface area (Å²) in [6, 6.07) is 6.18. The summed E-state index contributed by atoms with van der Waals surface area (Å²) >= 11 is 0. The highest BCUT2D eigenvalue weighted by Gasteiger charge is 2.27. The fourth-order valence-corrected chi connectivity index (χ4v) is 1.52. The van der Waals surface area contributed by atoms with E-state index in [4.69, 9.17) is 5.11 Å². The molecule has 0 fully saturated rings. The lowest BCUT2D eigenvalue weighted by molar-refractivity contribution is -0.175. The Balaban J connectivity index is 2.28. The van der Waals surface area contributed by atoms with E-state index in [0.717, 1.165) is 0 Å². The Hall–Kier alpha value is -2.09. The van der Waals surface area contributed by atoms with E-state index in [9.17, 15) is 22.8 Å². The number of carboxylic acids is 1. The van der Waals surface area contributed by atoms with Crippen LogP contribution in [0, 0.1) is 0 Å². The van der Waals surface area contributed by atoms with Crippen LogP contribution in [-0.2, 0) is 16.0 Å². The van der Waals surface area contributed by atoms with Gasteiger partial charge in [0.15, 0.2) is 0 Å². The molecule has 116 valence electrons. The predicted octanol–water partition coefficient (Wildman–Crippen LogP) is 1.62. The maximum absolute atomic E-state index is 11.8. The smallest absolute Gasteiger partial charge is 0.411 e. The summed E-state index contributed by atoms with van der Waals surface area (Å²) in [5.41, 5.74) is 0.832. The number of carbonyl (C=O) groups excluding carboxylic acids is 1. The average molecular weight is 305 g/mol. The Kier molecular flexibility index (Phi) is 6.16. The molecular weight excluding hydrogens is 291 g/mol. The summed E-state index contributed by atoms with van der Waals surface area (Å²) in [4.78, 5) is 22.0. The first-order chi connectivity index (χ1) is 9.78. The third-order valence-corrected chi connectivity index (χ3v) is 2.41. The van der Waals surface area contributed by atoms with Crippen LogP contribution in [0.5, 0.6) is 0 Å². The average Bonchev–Trinajstić information content (AvgIpc) is 2.37. The first-order valence-electron chi connectivity index (χ1n) is 6.01. The second kappa shape index (κ2) is 7.63. The van der Waals surface area contributed by atoms with Crippen LogP contribution in [0.15, 0.2) is 24.3 Å². The Labute approximate surface area is 118 Å². The van der Waals surface area contributed by atoms with E-state index < -0.39 is 31.3 Å². The minimum Gasteiger partial charge on any atom is -0.478 e. The topological polar surface area (TPSA) is 75.6 Å². The van der Waals surface area contributed by atoms with Gasteiger partial charge in [0, 0.05) is 6.54 Å². The van der Waals surface area contributed by atoms with Gasteiger partial charge in [-0.2, -0.15) is 13.2 Å². The van der Waals surface area contributed by atoms with Gasteiger partial charge in [0.25, 0.3) is 0 Å². The maximum Gasteiger partial charge on any atom is 0.411 e. The van der Waals surface area contributed by atoms with Crippen molar-refractivity contribution in [2.75, 3.05) is 19.8 Å². The second-order valence-electron chi connectivity index (χ2n) is 4.21. The molecule has 0 atom stereocenters. The van der Waals surface area contributed by atoms with Crippen LogP contribution in [0.25, 0.3) is 0 Å². The van der Waals surface area contributed by atoms with Crippen molar-refractivity contribution in [2.24, 2.45) is 0 Å². The zero-order valence-electron chi connectivity index (χ0n) is 10.9. The molecule has 8 heteroatoms. The van der Waals surface area contributed by atoms with Crippen LogP contribution in [0.2, 0.25) is 0 Å². The lowest BCUT2D eigenvalue weighted by Gasteiger charge is -2.08. The Morgan fingerprint density at radius 2 is 2.00 bits per heavy atom. The normalized spacial score (nSPS) is 11.2. The molecular formula is C13H14F3NO4. The zero-order valence-corrected chi connectivity index (χ0v) is 10.9. The molecule has 5 nitrogen and oxygen atoms in total. The van der Waals surface area contributed by atoms with Gasteiger partial charge in [-0.1, -0.05) is 12.1 Å². The molecule has 0 aliphatic carbocycles. The van der Waals surface area contributed by atoms with Crippen LogP contribution in [0.1, 0.15) is 15.9 Å². The number of hydrogen-bond acceptors (Lipinski definition) is 3. The molecule has 0 radical (unpaired) electrons. The lowest BCUT2D eigenvalue weighted by atomic mass is 10.1. The number of nitrogens with one attached hydrogen (secondary N) is 1. The van der Waals surface area contributed by atoms with Crippen molar-refractivity contribution < 1.29 is 32.6 Å². The summed E-state index contributed by atoms with van der Waals surface area (Å²) < 4.78 is 39.5. The van der Waals surface area contributed by atoms with Crippen molar-refractivity contribution in [3.8, 4) is 0 Å². The zero-order chi connectivity index (χ0) is 15.9. The molecule has 0 saturated heterocycles. The summed E-state index contributed by atoms with van der Waals surface area (Å²) in [7, 11) is 0. The lowest BCUT2D eigenvalue weighted by Crippen LogP contribution is -2.31. The number of halogens is 3. The molecule has 0 bridgehead atoms. The van der Waals surface area contributed by atoms with E-state index in [-0.39, 0.29) is 12.1 Å². The Morgan fingerprint density at radius 1 is 1.29 bits per heavy atom. The molecule has 21 heavy (non-hydrogen) atoms. The standard InChI is InChI=1S/C13H14F3NO4/c14-13(15,16)8-21-7-11(18)17-5-4-9-2-1-3-10(6-9)12(19)20/h1-3,6H,4-5,7-8H2,(H,17,18)(H,19,20). The van der Waals surface area contributed by atoms with E-state index in [0.29, 0.717) is 12.0 Å². The minimum absolute atomic E-state index is 0.132. The number of rotatable bonds is 7. The number of carboxylic acid groups (broad SMARTS) is 1. The molecule has 2 N–H and O–H groups in total. The molecule has 0 aliphatic heterocycles. The van der Waals surface area contributed by atoms with Gasteiger partial charge in [-0.05, 0) is 24.1 Å². The SMILES string of the molecule is O=C(COCC(F)(F)F)NCCc1cccc(C(=O)O)c1. The van der Waals surface area contributed by atoms with Gasteiger partial charge < -0.3 is 15.2 Å². The highest BCUT2D eigenvalue weighted by Crippen LogP contribution is 2.14. The molecule has 0 aliphatic rings. The first-order valence-corrected chi connectivity index (χ1v) is 6.01. The summed E-state index contributed by atoms with van der Waals surface area (Å²) in [5, 5.41) is 11.2. The third kappa shape index (κ3) is 7.31. The molecule has 0 aromatic heterocycles. The van der Waals surface area contributed by atoms with Gasteiger partial charge in [-0.15, -0.1) is 0 Å². The van der Waals surface area contributed by atoms with Crippen molar-refractivity contribution in [1.82, 2.24) is 5.32 Å². The molecule has 1 amide bonds. The van der Waals surface area contributed by atoms with Crippen LogP contribution in [0.3, 0.4) is 0 Å². The number of alkyl halides is 3. The first kappa shape index (κ1) is 17.0. The maximum atomic E-state index is 11.8. The Morgan fingerprint density at radius 3 is 2.62 bits per heavy atom. The number of amides is 1. The van der Waals surface area contributed by atoms with Crippen molar-refractivity contribution in [1.29, 1.82) is 0 Å². The number of ether oxygens (including phenoxy) is 1. The molecule has 0 unspecified atom stereocenters. The molecule has 0 heterocycles. The van der Waals surface area contributed by atoms with Crippen LogP contribution in [-0.4, -0.2) is 42.9 Å². The molecule has 1 aromatic carbocycles. The summed E-state index contributed by atoms with van der Waals surface area (Å²) in [6.07, 6.45) is -4.09. The highest BCUT2D eigenvalue weighted by molar-refractivity contribution is 5.87. The summed E-state index contributed by atoms with van der Waals surface area (Å²) in [6.45, 7) is -1.97. The number of benzene rings is 1. The van der Waals surface area contributed by atoms with Gasteiger partial charge in [0.05, 0.1) is 5.56 Å². The van der Waals surface area contributed by atoms with Crippen LogP contribution in [0.4, 0.5) is 13.2 Å². The Bertz CT molecular complexity index is 502. The van der Waals surface area contributed by atoms with Crippen LogP contribution < -0.4 is 5.32 Å².